The molecule has 2 rings (SSSR count). The third kappa shape index (κ3) is 5.06. The molecule has 0 aliphatic rings. The summed E-state index contributed by atoms with van der Waals surface area (Å²) < 4.78 is 1.15. The molecular formula is C17H21BrN2. The third-order valence-electron chi connectivity index (χ3n) is 3.39. The fraction of sp³-hybridized carbons (Fsp3) is 0.353. The molecule has 0 saturated heterocycles. The van der Waals surface area contributed by atoms with Gasteiger partial charge in [0.05, 0.1) is 0 Å². The molecule has 0 bridgehead atoms. The molecule has 2 nitrogen and oxygen atoms in total. The molecule has 0 aliphatic carbocycles. The Hall–Kier alpha value is -1.19. The monoisotopic (exact) mass is 332 g/mol. The summed E-state index contributed by atoms with van der Waals surface area (Å²) in [6.45, 7) is 3.18. The lowest BCUT2D eigenvalue weighted by molar-refractivity contribution is 0.491. The van der Waals surface area contributed by atoms with Crippen LogP contribution in [-0.4, -0.2) is 17.6 Å². The van der Waals surface area contributed by atoms with Crippen molar-refractivity contribution >= 4 is 15.9 Å². The Morgan fingerprint density at radius 1 is 1.15 bits per heavy atom. The number of aromatic nitrogens is 1. The summed E-state index contributed by atoms with van der Waals surface area (Å²) in [4.78, 5) is 4.07. The number of halogens is 1. The fourth-order valence-electron chi connectivity index (χ4n) is 2.40. The first-order valence-corrected chi connectivity index (χ1v) is 7.94. The molecule has 3 heteroatoms. The molecule has 0 radical (unpaired) electrons. The Bertz CT molecular complexity index is 513. The standard InChI is InChI=1S/C17H21BrN2/c1-2-20-17(7-6-14-8-10-19-11-9-14)13-15-4-3-5-16(18)12-15/h3-5,8-12,17,20H,2,6-7,13H2,1H3. The van der Waals surface area contributed by atoms with E-state index >= 15 is 0 Å². The zero-order chi connectivity index (χ0) is 14.2. The van der Waals surface area contributed by atoms with E-state index in [4.69, 9.17) is 0 Å². The minimum Gasteiger partial charge on any atom is -0.314 e. The Labute approximate surface area is 129 Å². The van der Waals surface area contributed by atoms with Crippen LogP contribution < -0.4 is 5.32 Å². The second-order valence-electron chi connectivity index (χ2n) is 4.98. The highest BCUT2D eigenvalue weighted by molar-refractivity contribution is 9.10. The number of pyridine rings is 1. The minimum absolute atomic E-state index is 0.516. The Morgan fingerprint density at radius 3 is 2.65 bits per heavy atom. The zero-order valence-electron chi connectivity index (χ0n) is 11.8. The maximum atomic E-state index is 4.07. The van der Waals surface area contributed by atoms with Crippen LogP contribution in [-0.2, 0) is 12.8 Å². The maximum Gasteiger partial charge on any atom is 0.0270 e. The van der Waals surface area contributed by atoms with Crippen LogP contribution in [0.25, 0.3) is 0 Å². The second kappa shape index (κ2) is 8.18. The van der Waals surface area contributed by atoms with Gasteiger partial charge < -0.3 is 5.32 Å². The Morgan fingerprint density at radius 2 is 1.95 bits per heavy atom. The topological polar surface area (TPSA) is 24.9 Å². The number of nitrogens with zero attached hydrogens (tertiary/aromatic N) is 1. The van der Waals surface area contributed by atoms with Crippen LogP contribution in [0.1, 0.15) is 24.5 Å². The molecule has 20 heavy (non-hydrogen) atoms. The van der Waals surface area contributed by atoms with E-state index in [1.807, 2.05) is 12.4 Å². The van der Waals surface area contributed by atoms with Gasteiger partial charge in [0.25, 0.3) is 0 Å². The van der Waals surface area contributed by atoms with Crippen LogP contribution in [0, 0.1) is 0 Å². The normalized spacial score (nSPS) is 12.3. The van der Waals surface area contributed by atoms with E-state index in [-0.39, 0.29) is 0 Å². The molecule has 0 amide bonds. The summed E-state index contributed by atoms with van der Waals surface area (Å²) in [5, 5.41) is 3.59. The summed E-state index contributed by atoms with van der Waals surface area (Å²) >= 11 is 3.54. The van der Waals surface area contributed by atoms with E-state index in [1.165, 1.54) is 11.1 Å². The summed E-state index contributed by atoms with van der Waals surface area (Å²) in [5.41, 5.74) is 2.73. The van der Waals surface area contributed by atoms with Crippen molar-refractivity contribution in [2.24, 2.45) is 0 Å². The summed E-state index contributed by atoms with van der Waals surface area (Å²) in [5.74, 6) is 0. The van der Waals surface area contributed by atoms with Crippen LogP contribution in [0.2, 0.25) is 0 Å². The van der Waals surface area contributed by atoms with Gasteiger partial charge in [-0.2, -0.15) is 0 Å². The molecule has 106 valence electrons. The van der Waals surface area contributed by atoms with Gasteiger partial charge in [0.15, 0.2) is 0 Å². The van der Waals surface area contributed by atoms with Gasteiger partial charge in [-0.1, -0.05) is 35.0 Å². The molecule has 1 unspecified atom stereocenters. The quantitative estimate of drug-likeness (QED) is 0.828. The molecule has 0 aliphatic heterocycles. The molecule has 2 aromatic rings. The van der Waals surface area contributed by atoms with Crippen LogP contribution >= 0.6 is 15.9 Å². The highest BCUT2D eigenvalue weighted by Crippen LogP contribution is 2.15. The lowest BCUT2D eigenvalue weighted by Crippen LogP contribution is -2.31. The van der Waals surface area contributed by atoms with Gasteiger partial charge in [-0.25, -0.2) is 0 Å². The second-order valence-corrected chi connectivity index (χ2v) is 5.90. The molecule has 1 heterocycles. The van der Waals surface area contributed by atoms with Gasteiger partial charge in [0.1, 0.15) is 0 Å². The van der Waals surface area contributed by atoms with Crippen molar-refractivity contribution in [1.29, 1.82) is 0 Å². The van der Waals surface area contributed by atoms with Crippen molar-refractivity contribution in [3.63, 3.8) is 0 Å². The van der Waals surface area contributed by atoms with E-state index in [1.54, 1.807) is 0 Å². The van der Waals surface area contributed by atoms with E-state index in [0.717, 1.165) is 30.3 Å². The number of benzene rings is 1. The fourth-order valence-corrected chi connectivity index (χ4v) is 2.85. The molecule has 1 aromatic heterocycles. The van der Waals surface area contributed by atoms with Crippen molar-refractivity contribution in [2.75, 3.05) is 6.54 Å². The van der Waals surface area contributed by atoms with Gasteiger partial charge in [0.2, 0.25) is 0 Å². The van der Waals surface area contributed by atoms with Crippen LogP contribution in [0.5, 0.6) is 0 Å². The number of rotatable bonds is 7. The van der Waals surface area contributed by atoms with Gasteiger partial charge >= 0.3 is 0 Å². The van der Waals surface area contributed by atoms with Crippen LogP contribution in [0.15, 0.2) is 53.3 Å². The number of aryl methyl sites for hydroxylation is 1. The predicted octanol–water partition coefficient (Wildman–Crippen LogP) is 4.00. The lowest BCUT2D eigenvalue weighted by atomic mass is 9.99. The van der Waals surface area contributed by atoms with E-state index in [0.29, 0.717) is 6.04 Å². The molecule has 1 atom stereocenters. The number of nitrogens with one attached hydrogen (secondary N) is 1. The first-order chi connectivity index (χ1) is 9.78. The molecular weight excluding hydrogens is 312 g/mol. The van der Waals surface area contributed by atoms with Crippen molar-refractivity contribution in [3.8, 4) is 0 Å². The summed E-state index contributed by atoms with van der Waals surface area (Å²) in [7, 11) is 0. The predicted molar refractivity (Wildman–Crippen MR) is 87.9 cm³/mol. The first-order valence-electron chi connectivity index (χ1n) is 7.14. The van der Waals surface area contributed by atoms with Gasteiger partial charge in [-0.3, -0.25) is 4.98 Å². The van der Waals surface area contributed by atoms with Crippen molar-refractivity contribution in [2.45, 2.75) is 32.2 Å². The number of likely N-dealkylation sites (N-methyl/N-ethyl adjacent to an activating group) is 1. The minimum atomic E-state index is 0.516. The van der Waals surface area contributed by atoms with Crippen LogP contribution in [0.3, 0.4) is 0 Å². The van der Waals surface area contributed by atoms with Crippen molar-refractivity contribution in [1.82, 2.24) is 10.3 Å². The SMILES string of the molecule is CCNC(CCc1ccncc1)Cc1cccc(Br)c1. The smallest absolute Gasteiger partial charge is 0.0270 e. The maximum absolute atomic E-state index is 4.07. The Balaban J connectivity index is 1.93. The van der Waals surface area contributed by atoms with E-state index in [9.17, 15) is 0 Å². The third-order valence-corrected chi connectivity index (χ3v) is 3.89. The zero-order valence-corrected chi connectivity index (χ0v) is 13.4. The van der Waals surface area contributed by atoms with Crippen LogP contribution in [0.4, 0.5) is 0 Å². The van der Waals surface area contributed by atoms with E-state index < -0.39 is 0 Å². The van der Waals surface area contributed by atoms with Gasteiger partial charge in [0, 0.05) is 22.9 Å². The summed E-state index contributed by atoms with van der Waals surface area (Å²) in [6, 6.07) is 13.3. The average Bonchev–Trinajstić information content (AvgIpc) is 2.46. The molecule has 0 saturated carbocycles. The molecule has 0 spiro atoms. The number of hydrogen-bond donors (Lipinski definition) is 1. The number of hydrogen-bond acceptors (Lipinski definition) is 2. The van der Waals surface area contributed by atoms with Crippen molar-refractivity contribution in [3.05, 3.63) is 64.4 Å². The largest absolute Gasteiger partial charge is 0.314 e. The van der Waals surface area contributed by atoms with Crippen molar-refractivity contribution < 1.29 is 0 Å². The van der Waals surface area contributed by atoms with Gasteiger partial charge in [-0.15, -0.1) is 0 Å². The van der Waals surface area contributed by atoms with E-state index in [2.05, 4.69) is 69.6 Å². The highest BCUT2D eigenvalue weighted by Gasteiger charge is 2.09. The molecule has 1 aromatic carbocycles. The van der Waals surface area contributed by atoms with Gasteiger partial charge in [-0.05, 0) is 61.2 Å². The Kier molecular flexibility index (Phi) is 6.22. The lowest BCUT2D eigenvalue weighted by Gasteiger charge is -2.18. The summed E-state index contributed by atoms with van der Waals surface area (Å²) in [6.07, 6.45) is 7.04. The molecule has 0 fully saturated rings. The molecule has 1 N–H and O–H groups in total. The highest BCUT2D eigenvalue weighted by atomic mass is 79.9. The average molecular weight is 333 g/mol. The first kappa shape index (κ1) is 15.2.